The number of benzene rings is 1. The average molecular weight is 409 g/mol. The highest BCUT2D eigenvalue weighted by atomic mass is 19.4. The number of nitrogens with one attached hydrogen (secondary N) is 1. The highest BCUT2D eigenvalue weighted by Gasteiger charge is 2.57. The van der Waals surface area contributed by atoms with Gasteiger partial charge < -0.3 is 15.2 Å². The molecule has 0 spiro atoms. The van der Waals surface area contributed by atoms with Crippen molar-refractivity contribution in [1.29, 1.82) is 0 Å². The first-order valence-corrected chi connectivity index (χ1v) is 9.38. The monoisotopic (exact) mass is 409 g/mol. The molecule has 0 radical (unpaired) electrons. The molecule has 2 saturated heterocycles. The summed E-state index contributed by atoms with van der Waals surface area (Å²) < 4.78 is 46.7. The van der Waals surface area contributed by atoms with Crippen molar-refractivity contribution in [2.75, 3.05) is 5.32 Å². The minimum Gasteiger partial charge on any atom is -0.390 e. The maximum absolute atomic E-state index is 13.1. The molecule has 156 valence electrons. The van der Waals surface area contributed by atoms with Crippen LogP contribution in [0.1, 0.15) is 34.7 Å². The first kappa shape index (κ1) is 19.9. The van der Waals surface area contributed by atoms with Crippen molar-refractivity contribution in [2.24, 2.45) is 13.0 Å². The zero-order chi connectivity index (χ0) is 21.1. The van der Waals surface area contributed by atoms with Crippen LogP contribution in [0.25, 0.3) is 0 Å². The van der Waals surface area contributed by atoms with Gasteiger partial charge in [0.15, 0.2) is 0 Å². The molecule has 2 N–H and O–H groups in total. The van der Waals surface area contributed by atoms with E-state index in [1.807, 2.05) is 6.92 Å². The van der Waals surface area contributed by atoms with E-state index in [0.717, 1.165) is 23.4 Å². The molecule has 2 fully saturated rings. The largest absolute Gasteiger partial charge is 0.416 e. The number of hydrogen-bond donors (Lipinski definition) is 2. The third kappa shape index (κ3) is 3.42. The Morgan fingerprint density at radius 1 is 1.34 bits per heavy atom. The lowest BCUT2D eigenvalue weighted by atomic mass is 9.74. The summed E-state index contributed by atoms with van der Waals surface area (Å²) in [5, 5.41) is 17.3. The Bertz CT molecular complexity index is 956. The van der Waals surface area contributed by atoms with Gasteiger partial charge in [-0.25, -0.2) is 0 Å². The number of halogens is 3. The molecular weight excluding hydrogens is 387 g/mol. The molecule has 1 aromatic heterocycles. The topological polar surface area (TPSA) is 76.4 Å². The lowest BCUT2D eigenvalue weighted by Gasteiger charge is -2.30. The van der Waals surface area contributed by atoms with Gasteiger partial charge in [0.05, 0.1) is 35.5 Å². The second kappa shape index (κ2) is 6.84. The van der Waals surface area contributed by atoms with Gasteiger partial charge in [0.25, 0.3) is 0 Å². The van der Waals surface area contributed by atoms with E-state index in [-0.39, 0.29) is 5.69 Å². The number of aryl methyl sites for hydroxylation is 3. The summed E-state index contributed by atoms with van der Waals surface area (Å²) in [6, 6.07) is 3.27. The van der Waals surface area contributed by atoms with Crippen molar-refractivity contribution in [1.82, 2.24) is 9.78 Å². The number of amides is 1. The zero-order valence-corrected chi connectivity index (χ0v) is 16.2. The maximum Gasteiger partial charge on any atom is 0.416 e. The molecule has 3 heterocycles. The van der Waals surface area contributed by atoms with E-state index in [0.29, 0.717) is 12.0 Å². The van der Waals surface area contributed by atoms with E-state index < -0.39 is 47.8 Å². The first-order chi connectivity index (χ1) is 13.6. The van der Waals surface area contributed by atoms with Gasteiger partial charge in [0, 0.05) is 31.3 Å². The molecule has 6 nitrogen and oxygen atoms in total. The number of aliphatic hydroxyl groups is 1. The van der Waals surface area contributed by atoms with E-state index in [1.165, 1.54) is 6.07 Å². The Kier molecular flexibility index (Phi) is 4.70. The third-order valence-corrected chi connectivity index (χ3v) is 5.86. The molecule has 2 bridgehead atoms. The van der Waals surface area contributed by atoms with Gasteiger partial charge in [0.1, 0.15) is 0 Å². The number of aromatic nitrogens is 2. The maximum atomic E-state index is 13.1. The number of fused-ring (bicyclic) bond motifs is 2. The summed E-state index contributed by atoms with van der Waals surface area (Å²) in [7, 11) is 1.77. The summed E-state index contributed by atoms with van der Waals surface area (Å²) in [6.07, 6.45) is -4.11. The Hall–Kier alpha value is -2.39. The van der Waals surface area contributed by atoms with E-state index in [1.54, 1.807) is 24.9 Å². The third-order valence-electron chi connectivity index (χ3n) is 5.86. The number of carbonyl (C=O) groups is 1. The summed E-state index contributed by atoms with van der Waals surface area (Å²) in [5.74, 6) is -1.45. The summed E-state index contributed by atoms with van der Waals surface area (Å²) >= 11 is 0. The fourth-order valence-electron chi connectivity index (χ4n) is 4.51. The van der Waals surface area contributed by atoms with Crippen LogP contribution in [0.5, 0.6) is 0 Å². The molecule has 5 atom stereocenters. The van der Waals surface area contributed by atoms with Crippen LogP contribution in [0.3, 0.4) is 0 Å². The summed E-state index contributed by atoms with van der Waals surface area (Å²) in [4.78, 5) is 13.1. The lowest BCUT2D eigenvalue weighted by Crippen LogP contribution is -2.41. The smallest absolute Gasteiger partial charge is 0.390 e. The highest BCUT2D eigenvalue weighted by Crippen LogP contribution is 2.50. The van der Waals surface area contributed by atoms with Crippen LogP contribution in [0.4, 0.5) is 18.9 Å². The number of rotatable bonds is 3. The minimum absolute atomic E-state index is 0.120. The fourth-order valence-corrected chi connectivity index (χ4v) is 4.51. The first-order valence-electron chi connectivity index (χ1n) is 9.38. The SMILES string of the molecule is Cc1ccc(C(F)(F)F)cc1NC(=O)[C@H]1[C@H](c2cn(C)nc2C)[C@@H]2O[C@H]1C[C@H]2O. The van der Waals surface area contributed by atoms with Gasteiger partial charge in [-0.15, -0.1) is 0 Å². The molecule has 0 saturated carbocycles. The van der Waals surface area contributed by atoms with E-state index in [2.05, 4.69) is 10.4 Å². The molecule has 0 aliphatic carbocycles. The standard InChI is InChI=1S/C20H22F3N3O3/c1-9-4-5-11(20(21,22)23)6-13(9)24-19(28)17-15-7-14(27)18(29-15)16(17)12-8-26(3)25-10(12)2/h4-6,8,14-18,27H,7H2,1-3H3,(H,24,28)/t14-,15+,16+,17-,18-/m1/s1. The zero-order valence-electron chi connectivity index (χ0n) is 16.2. The van der Waals surface area contributed by atoms with Crippen LogP contribution >= 0.6 is 0 Å². The van der Waals surface area contributed by atoms with Crippen molar-refractivity contribution < 1.29 is 27.8 Å². The number of alkyl halides is 3. The second-order valence-electron chi connectivity index (χ2n) is 7.85. The predicted molar refractivity (Wildman–Crippen MR) is 98.3 cm³/mol. The van der Waals surface area contributed by atoms with Crippen LogP contribution in [0.15, 0.2) is 24.4 Å². The Morgan fingerprint density at radius 3 is 2.69 bits per heavy atom. The Labute approximate surface area is 165 Å². The van der Waals surface area contributed by atoms with Gasteiger partial charge >= 0.3 is 6.18 Å². The Balaban J connectivity index is 1.65. The molecule has 29 heavy (non-hydrogen) atoms. The molecular formula is C20H22F3N3O3. The lowest BCUT2D eigenvalue weighted by molar-refractivity contribution is -0.137. The minimum atomic E-state index is -4.50. The second-order valence-corrected chi connectivity index (χ2v) is 7.85. The van der Waals surface area contributed by atoms with Crippen molar-refractivity contribution in [2.45, 2.75) is 50.7 Å². The van der Waals surface area contributed by atoms with Crippen LogP contribution in [0, 0.1) is 19.8 Å². The number of nitrogens with zero attached hydrogens (tertiary/aromatic N) is 2. The van der Waals surface area contributed by atoms with Crippen LogP contribution in [0.2, 0.25) is 0 Å². The molecule has 2 aromatic rings. The van der Waals surface area contributed by atoms with Crippen LogP contribution < -0.4 is 5.32 Å². The molecule has 1 aromatic carbocycles. The molecule has 2 aliphatic heterocycles. The number of anilines is 1. The van der Waals surface area contributed by atoms with Crippen LogP contribution in [-0.4, -0.2) is 39.1 Å². The van der Waals surface area contributed by atoms with Gasteiger partial charge in [-0.05, 0) is 37.1 Å². The summed E-state index contributed by atoms with van der Waals surface area (Å²) in [6.45, 7) is 3.46. The predicted octanol–water partition coefficient (Wildman–Crippen LogP) is 2.93. The molecule has 4 rings (SSSR count). The molecule has 0 unspecified atom stereocenters. The highest BCUT2D eigenvalue weighted by molar-refractivity contribution is 5.95. The van der Waals surface area contributed by atoms with Crippen molar-refractivity contribution in [3.63, 3.8) is 0 Å². The van der Waals surface area contributed by atoms with Gasteiger partial charge in [-0.2, -0.15) is 18.3 Å². The average Bonchev–Trinajstić information content (AvgIpc) is 3.26. The number of aliphatic hydroxyl groups excluding tert-OH is 1. The van der Waals surface area contributed by atoms with E-state index in [4.69, 9.17) is 4.74 Å². The fraction of sp³-hybridized carbons (Fsp3) is 0.500. The quantitative estimate of drug-likeness (QED) is 0.817. The molecule has 9 heteroatoms. The number of carbonyl (C=O) groups excluding carboxylic acids is 1. The Morgan fingerprint density at radius 2 is 2.07 bits per heavy atom. The van der Waals surface area contributed by atoms with Crippen LogP contribution in [-0.2, 0) is 22.8 Å². The summed E-state index contributed by atoms with van der Waals surface area (Å²) in [5.41, 5.74) is 1.37. The van der Waals surface area contributed by atoms with Crippen molar-refractivity contribution >= 4 is 11.6 Å². The molecule has 2 aliphatic rings. The van der Waals surface area contributed by atoms with Crippen molar-refractivity contribution in [3.05, 3.63) is 46.8 Å². The van der Waals surface area contributed by atoms with Gasteiger partial charge in [0.2, 0.25) is 5.91 Å². The molecule has 1 amide bonds. The van der Waals surface area contributed by atoms with Gasteiger partial charge in [-0.1, -0.05) is 6.07 Å². The number of hydrogen-bond acceptors (Lipinski definition) is 4. The van der Waals surface area contributed by atoms with Gasteiger partial charge in [-0.3, -0.25) is 9.48 Å². The number of ether oxygens (including phenoxy) is 1. The van der Waals surface area contributed by atoms with Crippen molar-refractivity contribution in [3.8, 4) is 0 Å². The van der Waals surface area contributed by atoms with E-state index in [9.17, 15) is 23.1 Å². The normalized spacial score (nSPS) is 28.7. The van der Waals surface area contributed by atoms with E-state index >= 15 is 0 Å².